The number of morpholine rings is 1. The number of carboxylic acid groups (broad SMARTS) is 1. The molecule has 28 heavy (non-hydrogen) atoms. The molecule has 0 bridgehead atoms. The monoisotopic (exact) mass is 408 g/mol. The van der Waals surface area contributed by atoms with Crippen molar-refractivity contribution in [1.82, 2.24) is 0 Å². The number of hydrogen-bond donors (Lipinski definition) is 2. The molecule has 3 rings (SSSR count). The second-order valence-corrected chi connectivity index (χ2v) is 8.28. The predicted octanol–water partition coefficient (Wildman–Crippen LogP) is 2.78. The van der Waals surface area contributed by atoms with Gasteiger partial charge in [0.2, 0.25) is 0 Å². The van der Waals surface area contributed by atoms with Crippen molar-refractivity contribution in [3.8, 4) is 0 Å². The Balaban J connectivity index is 1.97. The van der Waals surface area contributed by atoms with Crippen molar-refractivity contribution in [2.24, 2.45) is 0 Å². The number of carboxylic acids is 1. The van der Waals surface area contributed by atoms with E-state index in [-0.39, 0.29) is 16.1 Å². The number of hydrogen-bond acceptors (Lipinski definition) is 5. The van der Waals surface area contributed by atoms with Gasteiger partial charge in [-0.3, -0.25) is 4.72 Å². The molecule has 2 aromatic carbocycles. The van der Waals surface area contributed by atoms with Crippen LogP contribution in [0.25, 0.3) is 0 Å². The Morgan fingerprint density at radius 1 is 1.14 bits per heavy atom. The highest BCUT2D eigenvalue weighted by Crippen LogP contribution is 2.27. The van der Waals surface area contributed by atoms with Crippen LogP contribution < -0.4 is 9.62 Å². The van der Waals surface area contributed by atoms with Crippen molar-refractivity contribution in [2.45, 2.75) is 18.7 Å². The molecule has 150 valence electrons. The average Bonchev–Trinajstić information content (AvgIpc) is 2.63. The van der Waals surface area contributed by atoms with Crippen LogP contribution in [0.15, 0.2) is 35.2 Å². The first-order valence-electron chi connectivity index (χ1n) is 8.68. The van der Waals surface area contributed by atoms with Gasteiger partial charge in [0, 0.05) is 18.8 Å². The van der Waals surface area contributed by atoms with Crippen molar-refractivity contribution in [1.29, 1.82) is 0 Å². The SMILES string of the molecule is Cc1cc(C(=O)O)cc(S(=O)(=O)Nc2cc(F)cc(N3CCOCC3)c2)c1C. The quantitative estimate of drug-likeness (QED) is 0.790. The fourth-order valence-corrected chi connectivity index (χ4v) is 4.46. The van der Waals surface area contributed by atoms with Crippen LogP contribution in [-0.4, -0.2) is 45.8 Å². The zero-order chi connectivity index (χ0) is 20.5. The maximum Gasteiger partial charge on any atom is 0.335 e. The minimum atomic E-state index is -4.11. The van der Waals surface area contributed by atoms with Gasteiger partial charge in [-0.2, -0.15) is 0 Å². The number of ether oxygens (including phenoxy) is 1. The van der Waals surface area contributed by atoms with E-state index in [1.807, 2.05) is 4.90 Å². The maximum absolute atomic E-state index is 14.1. The normalized spacial score (nSPS) is 14.8. The van der Waals surface area contributed by atoms with Gasteiger partial charge in [-0.15, -0.1) is 0 Å². The molecule has 9 heteroatoms. The second-order valence-electron chi connectivity index (χ2n) is 6.62. The van der Waals surface area contributed by atoms with E-state index < -0.39 is 21.8 Å². The lowest BCUT2D eigenvalue weighted by molar-refractivity contribution is 0.0696. The van der Waals surface area contributed by atoms with Crippen LogP contribution in [0.4, 0.5) is 15.8 Å². The highest BCUT2D eigenvalue weighted by atomic mass is 32.2. The zero-order valence-corrected chi connectivity index (χ0v) is 16.3. The summed E-state index contributed by atoms with van der Waals surface area (Å²) in [5.74, 6) is -1.80. The summed E-state index contributed by atoms with van der Waals surface area (Å²) < 4.78 is 47.5. The topological polar surface area (TPSA) is 95.9 Å². The zero-order valence-electron chi connectivity index (χ0n) is 15.5. The molecule has 2 N–H and O–H groups in total. The number of halogens is 1. The molecular weight excluding hydrogens is 387 g/mol. The molecule has 0 atom stereocenters. The Hall–Kier alpha value is -2.65. The molecular formula is C19H21FN2O5S. The molecule has 0 unspecified atom stereocenters. The smallest absolute Gasteiger partial charge is 0.335 e. The number of benzene rings is 2. The van der Waals surface area contributed by atoms with Gasteiger partial charge in [-0.25, -0.2) is 17.6 Å². The summed E-state index contributed by atoms with van der Waals surface area (Å²) in [6.07, 6.45) is 0. The van der Waals surface area contributed by atoms with Crippen molar-refractivity contribution in [3.05, 3.63) is 52.8 Å². The summed E-state index contributed by atoms with van der Waals surface area (Å²) in [7, 11) is -4.11. The average molecular weight is 408 g/mol. The van der Waals surface area contributed by atoms with Crippen LogP contribution in [0.5, 0.6) is 0 Å². The molecule has 1 heterocycles. The Labute approximate surface area is 162 Å². The summed E-state index contributed by atoms with van der Waals surface area (Å²) in [6, 6.07) is 6.49. The van der Waals surface area contributed by atoms with Crippen molar-refractivity contribution >= 4 is 27.4 Å². The third-order valence-electron chi connectivity index (χ3n) is 4.67. The van der Waals surface area contributed by atoms with Gasteiger partial charge < -0.3 is 14.7 Å². The van der Waals surface area contributed by atoms with E-state index in [9.17, 15) is 22.7 Å². The van der Waals surface area contributed by atoms with Gasteiger partial charge in [0.05, 0.1) is 29.4 Å². The molecule has 0 aliphatic carbocycles. The molecule has 1 aliphatic rings. The van der Waals surface area contributed by atoms with E-state index in [1.165, 1.54) is 12.1 Å². The molecule has 0 aromatic heterocycles. The summed E-state index contributed by atoms with van der Waals surface area (Å²) in [5, 5.41) is 9.22. The number of anilines is 2. The van der Waals surface area contributed by atoms with Gasteiger partial charge >= 0.3 is 5.97 Å². The van der Waals surface area contributed by atoms with E-state index in [0.29, 0.717) is 43.1 Å². The van der Waals surface area contributed by atoms with Gasteiger partial charge in [-0.1, -0.05) is 0 Å². The van der Waals surface area contributed by atoms with E-state index in [4.69, 9.17) is 4.74 Å². The van der Waals surface area contributed by atoms with Crippen LogP contribution in [0.2, 0.25) is 0 Å². The number of rotatable bonds is 5. The first kappa shape index (κ1) is 20.1. The minimum Gasteiger partial charge on any atom is -0.478 e. The van der Waals surface area contributed by atoms with Gasteiger partial charge in [0.15, 0.2) is 0 Å². The van der Waals surface area contributed by atoms with Crippen LogP contribution in [-0.2, 0) is 14.8 Å². The number of aromatic carboxylic acids is 1. The minimum absolute atomic E-state index is 0.0688. The lowest BCUT2D eigenvalue weighted by atomic mass is 10.1. The lowest BCUT2D eigenvalue weighted by Gasteiger charge is -2.29. The van der Waals surface area contributed by atoms with E-state index >= 15 is 0 Å². The van der Waals surface area contributed by atoms with Crippen LogP contribution in [0.3, 0.4) is 0 Å². The first-order chi connectivity index (χ1) is 13.2. The van der Waals surface area contributed by atoms with E-state index in [0.717, 1.165) is 12.1 Å². The van der Waals surface area contributed by atoms with Crippen molar-refractivity contribution < 1.29 is 27.4 Å². The molecule has 1 fully saturated rings. The predicted molar refractivity (Wildman–Crippen MR) is 103 cm³/mol. The Kier molecular flexibility index (Phi) is 5.57. The molecule has 7 nitrogen and oxygen atoms in total. The van der Waals surface area contributed by atoms with Gasteiger partial charge in [0.25, 0.3) is 10.0 Å². The summed E-state index contributed by atoms with van der Waals surface area (Å²) in [6.45, 7) is 5.42. The van der Waals surface area contributed by atoms with Gasteiger partial charge in [-0.05, 0) is 55.3 Å². The fraction of sp³-hybridized carbons (Fsp3) is 0.316. The van der Waals surface area contributed by atoms with E-state index in [2.05, 4.69) is 4.72 Å². The number of sulfonamides is 1. The van der Waals surface area contributed by atoms with Gasteiger partial charge in [0.1, 0.15) is 5.82 Å². The third kappa shape index (κ3) is 4.26. The first-order valence-corrected chi connectivity index (χ1v) is 10.2. The number of nitrogens with zero attached hydrogens (tertiary/aromatic N) is 1. The Morgan fingerprint density at radius 2 is 1.82 bits per heavy atom. The van der Waals surface area contributed by atoms with Crippen molar-refractivity contribution in [3.63, 3.8) is 0 Å². The molecule has 0 amide bonds. The summed E-state index contributed by atoms with van der Waals surface area (Å²) in [4.78, 5) is 13.0. The highest BCUT2D eigenvalue weighted by Gasteiger charge is 2.22. The number of nitrogens with one attached hydrogen (secondary N) is 1. The summed E-state index contributed by atoms with van der Waals surface area (Å²) in [5.41, 5.74) is 1.46. The van der Waals surface area contributed by atoms with Crippen LogP contribution in [0, 0.1) is 19.7 Å². The van der Waals surface area contributed by atoms with Crippen molar-refractivity contribution in [2.75, 3.05) is 35.9 Å². The van der Waals surface area contributed by atoms with E-state index in [1.54, 1.807) is 19.9 Å². The Bertz CT molecular complexity index is 1020. The third-order valence-corrected chi connectivity index (χ3v) is 6.17. The second kappa shape index (κ2) is 7.76. The molecule has 2 aromatic rings. The molecule has 1 saturated heterocycles. The summed E-state index contributed by atoms with van der Waals surface area (Å²) >= 11 is 0. The molecule has 0 radical (unpaired) electrons. The highest BCUT2D eigenvalue weighted by molar-refractivity contribution is 7.92. The molecule has 0 spiro atoms. The standard InChI is InChI=1S/C19H21FN2O5S/c1-12-7-14(19(23)24)8-18(13(12)2)28(25,26)21-16-9-15(20)10-17(11-16)22-3-5-27-6-4-22/h7-11,21H,3-6H2,1-2H3,(H,23,24). The molecule has 0 saturated carbocycles. The van der Waals surface area contributed by atoms with Crippen LogP contribution in [0.1, 0.15) is 21.5 Å². The Morgan fingerprint density at radius 3 is 2.46 bits per heavy atom. The molecule has 1 aliphatic heterocycles. The lowest BCUT2D eigenvalue weighted by Crippen LogP contribution is -2.36. The number of carbonyl (C=O) groups is 1. The number of aryl methyl sites for hydroxylation is 1. The largest absolute Gasteiger partial charge is 0.478 e. The maximum atomic E-state index is 14.1. The fourth-order valence-electron chi connectivity index (χ4n) is 3.08. The van der Waals surface area contributed by atoms with Crippen LogP contribution >= 0.6 is 0 Å².